The van der Waals surface area contributed by atoms with Gasteiger partial charge in [-0.1, -0.05) is 30.3 Å². The molecule has 0 aliphatic rings. The summed E-state index contributed by atoms with van der Waals surface area (Å²) in [6, 6.07) is 26.3. The topological polar surface area (TPSA) is 43.7 Å². The number of aromatic nitrogens is 1. The van der Waals surface area contributed by atoms with Crippen LogP contribution in [0.5, 0.6) is 11.5 Å². The van der Waals surface area contributed by atoms with E-state index in [1.807, 2.05) is 23.1 Å². The van der Waals surface area contributed by atoms with Crippen molar-refractivity contribution < 1.29 is 18.7 Å². The zero-order chi connectivity index (χ0) is 26.6. The highest BCUT2D eigenvalue weighted by atomic mass is 19.1. The number of methoxy groups -OCH3 is 2. The highest BCUT2D eigenvalue weighted by molar-refractivity contribution is 6.08. The maximum atomic E-state index is 13.6. The third-order valence-corrected chi connectivity index (χ3v) is 7.02. The largest absolute Gasteiger partial charge is 0.493 e. The van der Waals surface area contributed by atoms with Gasteiger partial charge in [0.05, 0.1) is 14.2 Å². The second-order valence-corrected chi connectivity index (χ2v) is 9.29. The predicted octanol–water partition coefficient (Wildman–Crippen LogP) is 6.86. The lowest BCUT2D eigenvalue weighted by molar-refractivity contribution is 0.0745. The lowest BCUT2D eigenvalue weighted by Crippen LogP contribution is -2.32. The first-order chi connectivity index (χ1) is 18.5. The summed E-state index contributed by atoms with van der Waals surface area (Å²) < 4.78 is 26.7. The van der Waals surface area contributed by atoms with Crippen molar-refractivity contribution in [3.05, 3.63) is 107 Å². The number of para-hydroxylation sites is 1. The number of rotatable bonds is 9. The van der Waals surface area contributed by atoms with E-state index in [2.05, 4.69) is 54.0 Å². The molecule has 0 bridgehead atoms. The summed E-state index contributed by atoms with van der Waals surface area (Å²) in [6.07, 6.45) is 0.630. The Hall–Kier alpha value is -4.32. The molecule has 1 heterocycles. The SMILES string of the molecule is CCn1c2ccccc2c2cc(CN(CCc3ccc(OC)c(OC)c3)C(=O)c3ccc(F)cc3)ccc21. The Bertz CT molecular complexity index is 1590. The number of fused-ring (bicyclic) bond motifs is 3. The molecule has 38 heavy (non-hydrogen) atoms. The normalized spacial score (nSPS) is 11.2. The number of amides is 1. The summed E-state index contributed by atoms with van der Waals surface area (Å²) in [6.45, 7) is 3.95. The summed E-state index contributed by atoms with van der Waals surface area (Å²) in [7, 11) is 3.22. The summed E-state index contributed by atoms with van der Waals surface area (Å²) >= 11 is 0. The van der Waals surface area contributed by atoms with Crippen molar-refractivity contribution in [2.45, 2.75) is 26.4 Å². The Morgan fingerprint density at radius 3 is 2.26 bits per heavy atom. The molecule has 4 aromatic carbocycles. The lowest BCUT2D eigenvalue weighted by Gasteiger charge is -2.23. The summed E-state index contributed by atoms with van der Waals surface area (Å²) in [4.78, 5) is 15.4. The number of halogens is 1. The van der Waals surface area contributed by atoms with Crippen LogP contribution in [0, 0.1) is 5.82 Å². The first kappa shape index (κ1) is 25.3. The molecule has 0 atom stereocenters. The van der Waals surface area contributed by atoms with Crippen molar-refractivity contribution in [3.63, 3.8) is 0 Å². The molecule has 0 saturated heterocycles. The van der Waals surface area contributed by atoms with Crippen LogP contribution in [-0.4, -0.2) is 36.1 Å². The highest BCUT2D eigenvalue weighted by Gasteiger charge is 2.18. The monoisotopic (exact) mass is 510 g/mol. The molecule has 0 fully saturated rings. The van der Waals surface area contributed by atoms with E-state index < -0.39 is 0 Å². The molecular weight excluding hydrogens is 479 g/mol. The van der Waals surface area contributed by atoms with Crippen molar-refractivity contribution in [1.82, 2.24) is 9.47 Å². The molecule has 0 aliphatic heterocycles. The fourth-order valence-corrected chi connectivity index (χ4v) is 5.09. The molecule has 0 spiro atoms. The lowest BCUT2D eigenvalue weighted by atomic mass is 10.1. The van der Waals surface area contributed by atoms with Gasteiger partial charge in [-0.15, -0.1) is 0 Å². The van der Waals surface area contributed by atoms with Gasteiger partial charge >= 0.3 is 0 Å². The minimum atomic E-state index is -0.365. The van der Waals surface area contributed by atoms with Crippen molar-refractivity contribution in [2.75, 3.05) is 20.8 Å². The summed E-state index contributed by atoms with van der Waals surface area (Å²) in [5.74, 6) is 0.812. The maximum Gasteiger partial charge on any atom is 0.254 e. The van der Waals surface area contributed by atoms with Crippen molar-refractivity contribution in [1.29, 1.82) is 0 Å². The quantitative estimate of drug-likeness (QED) is 0.218. The van der Waals surface area contributed by atoms with Crippen LogP contribution >= 0.6 is 0 Å². The van der Waals surface area contributed by atoms with E-state index in [0.29, 0.717) is 36.6 Å². The fraction of sp³-hybridized carbons (Fsp3) is 0.219. The number of nitrogens with zero attached hydrogens (tertiary/aromatic N) is 2. The number of hydrogen-bond acceptors (Lipinski definition) is 3. The zero-order valence-corrected chi connectivity index (χ0v) is 21.9. The van der Waals surface area contributed by atoms with Crippen LogP contribution in [0.4, 0.5) is 4.39 Å². The van der Waals surface area contributed by atoms with Crippen molar-refractivity contribution in [2.24, 2.45) is 0 Å². The Kier molecular flexibility index (Phi) is 7.31. The molecule has 194 valence electrons. The zero-order valence-electron chi connectivity index (χ0n) is 21.9. The van der Waals surface area contributed by atoms with Crippen molar-refractivity contribution >= 4 is 27.7 Å². The Balaban J connectivity index is 1.47. The Morgan fingerprint density at radius 2 is 1.53 bits per heavy atom. The van der Waals surface area contributed by atoms with Crippen LogP contribution in [0.15, 0.2) is 84.9 Å². The molecule has 5 aromatic rings. The first-order valence-corrected chi connectivity index (χ1v) is 12.8. The second-order valence-electron chi connectivity index (χ2n) is 9.29. The van der Waals surface area contributed by atoms with E-state index in [4.69, 9.17) is 9.47 Å². The fourth-order valence-electron chi connectivity index (χ4n) is 5.09. The molecule has 6 heteroatoms. The molecule has 0 saturated carbocycles. The second kappa shape index (κ2) is 11.0. The number of benzene rings is 4. The third kappa shape index (κ3) is 4.94. The van der Waals surface area contributed by atoms with Crippen molar-refractivity contribution in [3.8, 4) is 11.5 Å². The average molecular weight is 511 g/mol. The Morgan fingerprint density at radius 1 is 0.816 bits per heavy atom. The van der Waals surface area contributed by atoms with Gasteiger partial charge in [0, 0.05) is 47.0 Å². The predicted molar refractivity (Wildman–Crippen MR) is 150 cm³/mol. The Labute approximate surface area is 222 Å². The number of ether oxygens (including phenoxy) is 2. The summed E-state index contributed by atoms with van der Waals surface area (Å²) in [5.41, 5.74) is 4.91. The van der Waals surface area contributed by atoms with Gasteiger partial charge in [-0.25, -0.2) is 4.39 Å². The molecule has 0 unspecified atom stereocenters. The minimum Gasteiger partial charge on any atom is -0.493 e. The highest BCUT2D eigenvalue weighted by Crippen LogP contribution is 2.31. The number of aryl methyl sites for hydroxylation is 1. The van der Waals surface area contributed by atoms with Gasteiger partial charge in [-0.05, 0) is 79.1 Å². The minimum absolute atomic E-state index is 0.137. The van der Waals surface area contributed by atoms with Crippen LogP contribution in [0.3, 0.4) is 0 Å². The van der Waals surface area contributed by atoms with Crippen LogP contribution < -0.4 is 9.47 Å². The van der Waals surface area contributed by atoms with Gasteiger partial charge in [-0.3, -0.25) is 4.79 Å². The van der Waals surface area contributed by atoms with E-state index >= 15 is 0 Å². The van der Waals surface area contributed by atoms with E-state index in [0.717, 1.165) is 17.7 Å². The molecule has 0 radical (unpaired) electrons. The number of carbonyl (C=O) groups is 1. The average Bonchev–Trinajstić information content (AvgIpc) is 3.28. The van der Waals surface area contributed by atoms with E-state index in [1.54, 1.807) is 26.4 Å². The smallest absolute Gasteiger partial charge is 0.254 e. The van der Waals surface area contributed by atoms with Gasteiger partial charge in [0.1, 0.15) is 5.82 Å². The van der Waals surface area contributed by atoms with Gasteiger partial charge < -0.3 is 18.9 Å². The van der Waals surface area contributed by atoms with Gasteiger partial charge in [0.25, 0.3) is 5.91 Å². The van der Waals surface area contributed by atoms with E-state index in [1.165, 1.54) is 33.9 Å². The molecule has 5 rings (SSSR count). The van der Waals surface area contributed by atoms with Gasteiger partial charge in [0.2, 0.25) is 0 Å². The number of carbonyl (C=O) groups excluding carboxylic acids is 1. The molecule has 0 N–H and O–H groups in total. The summed E-state index contributed by atoms with van der Waals surface area (Å²) in [5, 5.41) is 2.38. The molecule has 1 amide bonds. The van der Waals surface area contributed by atoms with Gasteiger partial charge in [0.15, 0.2) is 11.5 Å². The van der Waals surface area contributed by atoms with E-state index in [9.17, 15) is 9.18 Å². The molecule has 0 aliphatic carbocycles. The molecule has 1 aromatic heterocycles. The maximum absolute atomic E-state index is 13.6. The third-order valence-electron chi connectivity index (χ3n) is 7.02. The van der Waals surface area contributed by atoms with Crippen LogP contribution in [0.25, 0.3) is 21.8 Å². The van der Waals surface area contributed by atoms with Crippen LogP contribution in [0.2, 0.25) is 0 Å². The number of hydrogen-bond donors (Lipinski definition) is 0. The first-order valence-electron chi connectivity index (χ1n) is 12.8. The van der Waals surface area contributed by atoms with Gasteiger partial charge in [-0.2, -0.15) is 0 Å². The van der Waals surface area contributed by atoms with Crippen LogP contribution in [-0.2, 0) is 19.5 Å². The molecule has 5 nitrogen and oxygen atoms in total. The van der Waals surface area contributed by atoms with Crippen LogP contribution in [0.1, 0.15) is 28.4 Å². The van der Waals surface area contributed by atoms with E-state index in [-0.39, 0.29) is 11.7 Å². The standard InChI is InChI=1S/C32H31FN2O3/c1-4-35-28-8-6-5-7-26(28)27-19-23(9-15-29(27)35)21-34(32(36)24-11-13-25(33)14-12-24)18-17-22-10-16-30(37-2)31(20-22)38-3/h5-16,19-20H,4,17-18,21H2,1-3H3. The molecular formula is C32H31FN2O3.